The van der Waals surface area contributed by atoms with E-state index in [1.165, 1.54) is 12.1 Å². The number of amidine groups is 1. The van der Waals surface area contributed by atoms with Crippen molar-refractivity contribution in [1.82, 2.24) is 4.90 Å². The molecule has 1 aliphatic heterocycles. The quantitative estimate of drug-likeness (QED) is 0.532. The third-order valence-electron chi connectivity index (χ3n) is 5.70. The summed E-state index contributed by atoms with van der Waals surface area (Å²) < 4.78 is 34.8. The zero-order valence-electron chi connectivity index (χ0n) is 19.6. The normalized spacial score (nSPS) is 15.6. The molecule has 2 aromatic carbocycles. The van der Waals surface area contributed by atoms with E-state index in [9.17, 15) is 18.0 Å². The Labute approximate surface area is 201 Å². The predicted molar refractivity (Wildman–Crippen MR) is 132 cm³/mol. The van der Waals surface area contributed by atoms with E-state index < -0.39 is 10.0 Å². The third-order valence-corrected chi connectivity index (χ3v) is 7.00. The number of nitrogens with one attached hydrogen (secondary N) is 1. The minimum absolute atomic E-state index is 0.0325. The van der Waals surface area contributed by atoms with Crippen molar-refractivity contribution in [2.45, 2.75) is 49.8 Å². The monoisotopic (exact) mass is 485 g/mol. The number of hydrogen-bond acceptors (Lipinski definition) is 5. The summed E-state index contributed by atoms with van der Waals surface area (Å²) in [5, 5.41) is 2.72. The van der Waals surface area contributed by atoms with Gasteiger partial charge in [-0.1, -0.05) is 12.5 Å². The maximum absolute atomic E-state index is 12.8. The number of ketones is 1. The molecule has 1 aliphatic rings. The molecule has 1 amide bonds. The van der Waals surface area contributed by atoms with Gasteiger partial charge in [-0.3, -0.25) is 9.59 Å². The summed E-state index contributed by atoms with van der Waals surface area (Å²) in [6.45, 7) is 0.783. The standard InChI is InChI=1S/C25H31N3O5S/c1-28-17-5-3-4-11-24(28)27-34(31,32)22-9-6-8-20(18-22)26-25(30)12-7-10-23(29)19-13-15-21(33-2)16-14-19/h6,8-9,13-16,18H,3-5,7,10-12,17H2,1-2H3,(H,26,30)/b27-24-. The van der Waals surface area contributed by atoms with Crippen molar-refractivity contribution in [2.75, 3.05) is 26.0 Å². The molecule has 0 unspecified atom stereocenters. The first kappa shape index (κ1) is 25.4. The van der Waals surface area contributed by atoms with Gasteiger partial charge in [0.15, 0.2) is 5.78 Å². The molecular weight excluding hydrogens is 454 g/mol. The van der Waals surface area contributed by atoms with Crippen LogP contribution in [-0.2, 0) is 14.8 Å². The van der Waals surface area contributed by atoms with Crippen LogP contribution in [-0.4, -0.2) is 51.5 Å². The van der Waals surface area contributed by atoms with E-state index in [1.807, 2.05) is 11.9 Å². The molecule has 0 saturated carbocycles. The first-order chi connectivity index (χ1) is 16.3. The summed E-state index contributed by atoms with van der Waals surface area (Å²) >= 11 is 0. The van der Waals surface area contributed by atoms with Crippen molar-refractivity contribution >= 4 is 33.2 Å². The van der Waals surface area contributed by atoms with Gasteiger partial charge in [-0.2, -0.15) is 8.42 Å². The number of sulfonamides is 1. The van der Waals surface area contributed by atoms with E-state index in [-0.39, 0.29) is 29.4 Å². The van der Waals surface area contributed by atoms with Gasteiger partial charge in [-0.15, -0.1) is 4.40 Å². The Morgan fingerprint density at radius 3 is 2.56 bits per heavy atom. The Kier molecular flexibility index (Phi) is 8.81. The Morgan fingerprint density at radius 2 is 1.82 bits per heavy atom. The number of rotatable bonds is 9. The number of anilines is 1. The van der Waals surface area contributed by atoms with Crippen LogP contribution < -0.4 is 10.1 Å². The van der Waals surface area contributed by atoms with Crippen LogP contribution in [0, 0.1) is 0 Å². The highest BCUT2D eigenvalue weighted by Crippen LogP contribution is 2.21. The van der Waals surface area contributed by atoms with Gasteiger partial charge in [0, 0.05) is 44.1 Å². The minimum Gasteiger partial charge on any atom is -0.497 e. The maximum atomic E-state index is 12.8. The summed E-state index contributed by atoms with van der Waals surface area (Å²) in [6, 6.07) is 12.9. The molecule has 34 heavy (non-hydrogen) atoms. The van der Waals surface area contributed by atoms with Gasteiger partial charge in [0.05, 0.1) is 12.0 Å². The van der Waals surface area contributed by atoms with Crippen molar-refractivity contribution in [3.63, 3.8) is 0 Å². The van der Waals surface area contributed by atoms with Gasteiger partial charge < -0.3 is 15.0 Å². The van der Waals surface area contributed by atoms with E-state index in [0.29, 0.717) is 35.7 Å². The van der Waals surface area contributed by atoms with Crippen LogP contribution in [0.15, 0.2) is 57.8 Å². The van der Waals surface area contributed by atoms with Gasteiger partial charge in [0.25, 0.3) is 10.0 Å². The summed E-state index contributed by atoms with van der Waals surface area (Å²) in [6.07, 6.45) is 4.37. The average molecular weight is 486 g/mol. The molecule has 2 aromatic rings. The zero-order valence-corrected chi connectivity index (χ0v) is 20.4. The molecule has 1 N–H and O–H groups in total. The summed E-state index contributed by atoms with van der Waals surface area (Å²) in [7, 11) is -0.473. The second-order valence-electron chi connectivity index (χ2n) is 8.30. The van der Waals surface area contributed by atoms with Crippen LogP contribution in [0.25, 0.3) is 0 Å². The lowest BCUT2D eigenvalue weighted by molar-refractivity contribution is -0.116. The number of hydrogen-bond donors (Lipinski definition) is 1. The van der Waals surface area contributed by atoms with Gasteiger partial charge in [0.2, 0.25) is 5.91 Å². The Balaban J connectivity index is 1.56. The number of methoxy groups -OCH3 is 1. The molecule has 0 aliphatic carbocycles. The molecular formula is C25H31N3O5S. The number of nitrogens with zero attached hydrogens (tertiary/aromatic N) is 2. The van der Waals surface area contributed by atoms with Crippen LogP contribution in [0.1, 0.15) is 55.3 Å². The molecule has 1 heterocycles. The first-order valence-electron chi connectivity index (χ1n) is 11.4. The molecule has 3 rings (SSSR count). The lowest BCUT2D eigenvalue weighted by atomic mass is 10.1. The summed E-state index contributed by atoms with van der Waals surface area (Å²) in [5.41, 5.74) is 0.946. The third kappa shape index (κ3) is 7.15. The molecule has 0 atom stereocenters. The highest BCUT2D eigenvalue weighted by molar-refractivity contribution is 7.90. The second-order valence-corrected chi connectivity index (χ2v) is 9.90. The van der Waals surface area contributed by atoms with Crippen molar-refractivity contribution in [2.24, 2.45) is 4.40 Å². The van der Waals surface area contributed by atoms with E-state index >= 15 is 0 Å². The lowest BCUT2D eigenvalue weighted by Crippen LogP contribution is -2.26. The summed E-state index contributed by atoms with van der Waals surface area (Å²) in [4.78, 5) is 26.6. The molecule has 0 bridgehead atoms. The van der Waals surface area contributed by atoms with Crippen LogP contribution in [0.3, 0.4) is 0 Å². The molecule has 1 fully saturated rings. The zero-order chi connectivity index (χ0) is 24.6. The Bertz CT molecular complexity index is 1140. The highest BCUT2D eigenvalue weighted by Gasteiger charge is 2.19. The molecule has 0 aromatic heterocycles. The number of amides is 1. The number of likely N-dealkylation sites (tertiary alicyclic amines) is 1. The SMILES string of the molecule is COc1ccc(C(=O)CCCC(=O)Nc2cccc(S(=O)(=O)/N=C3/CCCCCN3C)c2)cc1. The van der Waals surface area contributed by atoms with Crippen LogP contribution >= 0.6 is 0 Å². The van der Waals surface area contributed by atoms with E-state index in [1.54, 1.807) is 43.5 Å². The van der Waals surface area contributed by atoms with Gasteiger partial charge >= 0.3 is 0 Å². The molecule has 0 radical (unpaired) electrons. The topological polar surface area (TPSA) is 105 Å². The van der Waals surface area contributed by atoms with Crippen LogP contribution in [0.2, 0.25) is 0 Å². The predicted octanol–water partition coefficient (Wildman–Crippen LogP) is 4.28. The van der Waals surface area contributed by atoms with Crippen molar-refractivity contribution in [1.29, 1.82) is 0 Å². The maximum Gasteiger partial charge on any atom is 0.284 e. The Morgan fingerprint density at radius 1 is 1.06 bits per heavy atom. The van der Waals surface area contributed by atoms with E-state index in [2.05, 4.69) is 9.71 Å². The van der Waals surface area contributed by atoms with Gasteiger partial charge in [-0.05, 0) is 61.7 Å². The molecule has 9 heteroatoms. The van der Waals surface area contributed by atoms with Crippen LogP contribution in [0.5, 0.6) is 5.75 Å². The Hall–Kier alpha value is -3.20. The fourth-order valence-corrected chi connectivity index (χ4v) is 4.86. The number of carbonyl (C=O) groups excluding carboxylic acids is 2. The largest absolute Gasteiger partial charge is 0.497 e. The van der Waals surface area contributed by atoms with Crippen LogP contribution in [0.4, 0.5) is 5.69 Å². The van der Waals surface area contributed by atoms with Crippen molar-refractivity contribution < 1.29 is 22.7 Å². The van der Waals surface area contributed by atoms with Gasteiger partial charge in [-0.25, -0.2) is 0 Å². The number of Topliss-reactive ketones (excluding diaryl/α,β-unsaturated/α-hetero) is 1. The van der Waals surface area contributed by atoms with Crippen molar-refractivity contribution in [3.8, 4) is 5.75 Å². The highest BCUT2D eigenvalue weighted by atomic mass is 32.2. The smallest absolute Gasteiger partial charge is 0.284 e. The fraction of sp³-hybridized carbons (Fsp3) is 0.400. The summed E-state index contributed by atoms with van der Waals surface area (Å²) in [5.74, 6) is 0.902. The lowest BCUT2D eigenvalue weighted by Gasteiger charge is -2.17. The average Bonchev–Trinajstić information content (AvgIpc) is 3.02. The minimum atomic E-state index is -3.89. The molecule has 1 saturated heterocycles. The number of ether oxygens (including phenoxy) is 1. The second kappa shape index (κ2) is 11.8. The van der Waals surface area contributed by atoms with Gasteiger partial charge in [0.1, 0.15) is 11.6 Å². The number of benzene rings is 2. The van der Waals surface area contributed by atoms with E-state index in [0.717, 1.165) is 25.8 Å². The molecule has 8 nitrogen and oxygen atoms in total. The molecule has 182 valence electrons. The number of carbonyl (C=O) groups is 2. The molecule has 0 spiro atoms. The fourth-order valence-electron chi connectivity index (χ4n) is 3.72. The first-order valence-corrected chi connectivity index (χ1v) is 12.8. The van der Waals surface area contributed by atoms with Crippen molar-refractivity contribution in [3.05, 3.63) is 54.1 Å². The van der Waals surface area contributed by atoms with E-state index in [4.69, 9.17) is 4.74 Å².